The second-order valence-corrected chi connectivity index (χ2v) is 10.7. The van der Waals surface area contributed by atoms with Crippen molar-refractivity contribution in [3.63, 3.8) is 0 Å². The minimum Gasteiger partial charge on any atom is -0.448 e. The van der Waals surface area contributed by atoms with Crippen LogP contribution in [0.15, 0.2) is 60.7 Å². The summed E-state index contributed by atoms with van der Waals surface area (Å²) in [6.07, 6.45) is -6.03. The monoisotopic (exact) mass is 656 g/mol. The normalized spacial score (nSPS) is 17.4. The van der Waals surface area contributed by atoms with E-state index in [1.807, 2.05) is 0 Å². The number of rotatable bonds is 12. The van der Waals surface area contributed by atoms with E-state index in [2.05, 4.69) is 10.6 Å². The van der Waals surface area contributed by atoms with E-state index in [1.54, 1.807) is 5.32 Å². The van der Waals surface area contributed by atoms with Crippen LogP contribution in [0.25, 0.3) is 0 Å². The van der Waals surface area contributed by atoms with E-state index in [1.165, 1.54) is 48.5 Å². The third kappa shape index (κ3) is 9.81. The molecular formula is C31H31F7N4O4. The maximum Gasteiger partial charge on any atom is 0.407 e. The maximum atomic E-state index is 15.2. The highest BCUT2D eigenvalue weighted by molar-refractivity contribution is 5.85. The molecule has 8 nitrogen and oxygen atoms in total. The second-order valence-electron chi connectivity index (χ2n) is 10.7. The first-order valence-corrected chi connectivity index (χ1v) is 14.2. The zero-order valence-electron chi connectivity index (χ0n) is 24.2. The Bertz CT molecular complexity index is 1440. The van der Waals surface area contributed by atoms with Gasteiger partial charge in [0.05, 0.1) is 18.8 Å². The fourth-order valence-electron chi connectivity index (χ4n) is 5.06. The molecule has 1 heterocycles. The molecule has 2 amide bonds. The van der Waals surface area contributed by atoms with Crippen LogP contribution in [0.2, 0.25) is 0 Å². The first kappa shape index (κ1) is 34.5. The van der Waals surface area contributed by atoms with Gasteiger partial charge in [0.2, 0.25) is 5.91 Å². The summed E-state index contributed by atoms with van der Waals surface area (Å²) in [5, 5.41) is 7.51. The molecule has 0 unspecified atom stereocenters. The predicted octanol–water partition coefficient (Wildman–Crippen LogP) is 4.92. The van der Waals surface area contributed by atoms with E-state index in [4.69, 9.17) is 15.2 Å². The quantitative estimate of drug-likeness (QED) is 0.206. The van der Waals surface area contributed by atoms with Gasteiger partial charge in [0, 0.05) is 29.8 Å². The molecule has 0 saturated carbocycles. The number of carbonyl (C=O) groups excluding carboxylic acids is 2. The lowest BCUT2D eigenvalue weighted by Gasteiger charge is -2.31. The average molecular weight is 657 g/mol. The van der Waals surface area contributed by atoms with E-state index in [0.29, 0.717) is 17.2 Å². The van der Waals surface area contributed by atoms with Crippen molar-refractivity contribution in [1.29, 1.82) is 0 Å². The van der Waals surface area contributed by atoms with E-state index in [9.17, 15) is 35.9 Å². The third-order valence-electron chi connectivity index (χ3n) is 7.30. The first-order chi connectivity index (χ1) is 21.8. The Morgan fingerprint density at radius 1 is 0.957 bits per heavy atom. The van der Waals surface area contributed by atoms with Crippen LogP contribution in [-0.4, -0.2) is 62.7 Å². The van der Waals surface area contributed by atoms with Crippen LogP contribution in [0.1, 0.15) is 29.0 Å². The molecule has 4 rings (SSSR count). The molecule has 15 heteroatoms. The molecule has 3 aromatic rings. The number of morpholine rings is 1. The molecule has 1 saturated heterocycles. The summed E-state index contributed by atoms with van der Waals surface area (Å²) in [5.41, 5.74) is 6.61. The molecule has 46 heavy (non-hydrogen) atoms. The molecule has 3 atom stereocenters. The molecule has 248 valence electrons. The van der Waals surface area contributed by atoms with Gasteiger partial charge in [-0.05, 0) is 54.3 Å². The van der Waals surface area contributed by atoms with Gasteiger partial charge in [-0.3, -0.25) is 4.79 Å². The Balaban J connectivity index is 1.45. The van der Waals surface area contributed by atoms with Gasteiger partial charge < -0.3 is 31.2 Å². The van der Waals surface area contributed by atoms with Crippen LogP contribution < -0.4 is 21.7 Å². The lowest BCUT2D eigenvalue weighted by Crippen LogP contribution is -2.49. The fraction of sp³-hybridized carbons (Fsp3) is 0.355. The number of nitrogens with one attached hydrogen (secondary N) is 3. The lowest BCUT2D eigenvalue weighted by molar-refractivity contribution is -0.124. The summed E-state index contributed by atoms with van der Waals surface area (Å²) in [4.78, 5) is 24.3. The minimum absolute atomic E-state index is 0.0189. The van der Waals surface area contributed by atoms with Gasteiger partial charge in [0.1, 0.15) is 42.5 Å². The molecule has 0 bridgehead atoms. The summed E-state index contributed by atoms with van der Waals surface area (Å²) in [7, 11) is 0. The van der Waals surface area contributed by atoms with Crippen LogP contribution >= 0.6 is 0 Å². The highest BCUT2D eigenvalue weighted by Gasteiger charge is 2.32. The van der Waals surface area contributed by atoms with Crippen molar-refractivity contribution < 1.29 is 49.8 Å². The van der Waals surface area contributed by atoms with Crippen molar-refractivity contribution >= 4 is 17.7 Å². The van der Waals surface area contributed by atoms with Crippen molar-refractivity contribution in [2.75, 3.05) is 31.6 Å². The molecule has 5 N–H and O–H groups in total. The number of anilines is 1. The molecule has 1 aliphatic rings. The van der Waals surface area contributed by atoms with Gasteiger partial charge in [0.25, 0.3) is 0 Å². The summed E-state index contributed by atoms with van der Waals surface area (Å²) < 4.78 is 104. The van der Waals surface area contributed by atoms with Gasteiger partial charge >= 0.3 is 12.3 Å². The number of primary amides is 1. The largest absolute Gasteiger partial charge is 0.448 e. The second kappa shape index (κ2) is 15.3. The van der Waals surface area contributed by atoms with Gasteiger partial charge in [-0.25, -0.2) is 22.4 Å². The van der Waals surface area contributed by atoms with Crippen LogP contribution in [-0.2, 0) is 20.7 Å². The Kier molecular flexibility index (Phi) is 11.5. The van der Waals surface area contributed by atoms with Crippen LogP contribution in [0.3, 0.4) is 0 Å². The van der Waals surface area contributed by atoms with E-state index in [-0.39, 0.29) is 43.9 Å². The van der Waals surface area contributed by atoms with E-state index < -0.39 is 72.1 Å². The number of benzene rings is 3. The van der Waals surface area contributed by atoms with E-state index >= 15 is 4.39 Å². The number of nitrogens with two attached hydrogens (primary N) is 1. The van der Waals surface area contributed by atoms with E-state index in [0.717, 1.165) is 6.07 Å². The van der Waals surface area contributed by atoms with Crippen LogP contribution in [0, 0.1) is 23.3 Å². The summed E-state index contributed by atoms with van der Waals surface area (Å²) in [5.74, 6) is -4.70. The number of carbonyl (C=O) groups is 2. The first-order valence-electron chi connectivity index (χ1n) is 14.2. The topological polar surface area (TPSA) is 115 Å². The van der Waals surface area contributed by atoms with Crippen molar-refractivity contribution in [1.82, 2.24) is 10.6 Å². The third-order valence-corrected chi connectivity index (χ3v) is 7.30. The Morgan fingerprint density at radius 3 is 2.09 bits per heavy atom. The number of hydrogen-bond donors (Lipinski definition) is 4. The summed E-state index contributed by atoms with van der Waals surface area (Å²) in [6.45, 7) is -1.52. The van der Waals surface area contributed by atoms with Gasteiger partial charge in [0.15, 0.2) is 0 Å². The average Bonchev–Trinajstić information content (AvgIpc) is 3.00. The Morgan fingerprint density at radius 2 is 1.57 bits per heavy atom. The molecular weight excluding hydrogens is 625 g/mol. The molecule has 3 aromatic carbocycles. The number of halogens is 7. The van der Waals surface area contributed by atoms with Gasteiger partial charge in [-0.15, -0.1) is 0 Å². The van der Waals surface area contributed by atoms with Crippen LogP contribution in [0.5, 0.6) is 0 Å². The van der Waals surface area contributed by atoms with Crippen LogP contribution in [0.4, 0.5) is 41.2 Å². The molecule has 0 spiro atoms. The minimum atomic E-state index is -4.58. The molecule has 0 radical (unpaired) electrons. The molecule has 0 aliphatic carbocycles. The molecule has 1 aliphatic heterocycles. The smallest absolute Gasteiger partial charge is 0.407 e. The number of amides is 2. The number of alkyl carbamates (subject to hydrolysis) is 1. The van der Waals surface area contributed by atoms with Gasteiger partial charge in [-0.2, -0.15) is 13.2 Å². The number of alkyl halides is 3. The van der Waals surface area contributed by atoms with Crippen molar-refractivity contribution in [3.8, 4) is 0 Å². The Hall–Kier alpha value is -4.37. The SMILES string of the molecule is NC(=O)[C@@H](Nc1cc(F)cc(F)c1CC[C@@H]1CN[C@H](COC(=O)NCC(F)(F)F)CO1)C(c1ccc(F)cc1)c1ccc(F)cc1. The summed E-state index contributed by atoms with van der Waals surface area (Å²) >= 11 is 0. The van der Waals surface area contributed by atoms with Crippen molar-refractivity contribution in [3.05, 3.63) is 101 Å². The molecule has 0 aromatic heterocycles. The predicted molar refractivity (Wildman–Crippen MR) is 153 cm³/mol. The Labute approximate surface area is 259 Å². The zero-order valence-corrected chi connectivity index (χ0v) is 24.2. The lowest BCUT2D eigenvalue weighted by atomic mass is 9.84. The van der Waals surface area contributed by atoms with Crippen molar-refractivity contribution in [2.45, 2.75) is 43.1 Å². The maximum absolute atomic E-state index is 15.2. The number of ether oxygens (including phenoxy) is 2. The standard InChI is InChI=1S/C31H31F7N4O4/c32-19-5-1-17(2-6-19)27(18-3-7-20(33)8-4-18)28(29(39)43)42-26-12-21(34)11-25(35)24(26)10-9-23-13-40-22(14-45-23)15-46-30(44)41-16-31(36,37)38/h1-8,11-12,22-23,27-28,40,42H,9-10,13-16H2,(H2,39,43)(H,41,44)/t22-,23+,28-/m0/s1. The highest BCUT2D eigenvalue weighted by Crippen LogP contribution is 2.33. The summed E-state index contributed by atoms with van der Waals surface area (Å²) in [6, 6.07) is 10.3. The fourth-order valence-corrected chi connectivity index (χ4v) is 5.06. The number of hydrogen-bond acceptors (Lipinski definition) is 6. The zero-order chi connectivity index (χ0) is 33.4. The highest BCUT2D eigenvalue weighted by atomic mass is 19.4. The van der Waals surface area contributed by atoms with Crippen molar-refractivity contribution in [2.24, 2.45) is 5.73 Å². The van der Waals surface area contributed by atoms with Gasteiger partial charge in [-0.1, -0.05) is 24.3 Å². The molecule has 1 fully saturated rings.